The summed E-state index contributed by atoms with van der Waals surface area (Å²) in [7, 11) is -2.91. The Morgan fingerprint density at radius 3 is 2.53 bits per heavy atom. The van der Waals surface area contributed by atoms with Crippen molar-refractivity contribution < 1.29 is 49.0 Å². The molecule has 3 rings (SSSR count). The van der Waals surface area contributed by atoms with Gasteiger partial charge >= 0.3 is 12.5 Å². The Balaban J connectivity index is 1.91. The molecule has 0 amide bonds. The number of sulfone groups is 1. The van der Waals surface area contributed by atoms with E-state index in [-0.39, 0.29) is 37.6 Å². The predicted molar refractivity (Wildman–Crippen MR) is 105 cm³/mol. The summed E-state index contributed by atoms with van der Waals surface area (Å²) in [5.41, 5.74) is -0.915. The Morgan fingerprint density at radius 2 is 1.91 bits per heavy atom. The molecule has 0 radical (unpaired) electrons. The second-order valence-electron chi connectivity index (χ2n) is 8.00. The molecule has 1 aromatic heterocycles. The Morgan fingerprint density at radius 1 is 1.21 bits per heavy atom. The third kappa shape index (κ3) is 5.73. The first-order chi connectivity index (χ1) is 15.7. The van der Waals surface area contributed by atoms with Gasteiger partial charge in [-0.25, -0.2) is 13.1 Å². The van der Waals surface area contributed by atoms with Crippen LogP contribution in [-0.4, -0.2) is 43.0 Å². The van der Waals surface area contributed by atoms with Crippen molar-refractivity contribution in [2.75, 3.05) is 13.7 Å². The third-order valence-electron chi connectivity index (χ3n) is 5.51. The van der Waals surface area contributed by atoms with Crippen LogP contribution in [0.3, 0.4) is 0 Å². The highest BCUT2D eigenvalue weighted by Gasteiger charge is 2.46. The smallest absolute Gasteiger partial charge is 0.372 e. The van der Waals surface area contributed by atoms with Crippen molar-refractivity contribution in [3.05, 3.63) is 47.3 Å². The standard InChI is InChI=1S/C20H22F6N2O5S/c1-18(34(29,30)15-5-3-4-13(8-15)19(21,22)23)6-7-32-17(10-18)16-9-14(11-33-20(24,25)26)27-28(16)12-31-2/h3-5,8-9,17H,6-7,10-12H2,1-2H3. The van der Waals surface area contributed by atoms with E-state index >= 15 is 0 Å². The maximum atomic E-state index is 13.4. The van der Waals surface area contributed by atoms with Crippen molar-refractivity contribution in [2.45, 2.75) is 61.4 Å². The Bertz CT molecular complexity index is 1120. The summed E-state index contributed by atoms with van der Waals surface area (Å²) < 4.78 is 118. The van der Waals surface area contributed by atoms with Gasteiger partial charge < -0.3 is 9.47 Å². The van der Waals surface area contributed by atoms with Crippen molar-refractivity contribution in [1.29, 1.82) is 0 Å². The fourth-order valence-corrected chi connectivity index (χ4v) is 5.56. The first-order valence-corrected chi connectivity index (χ1v) is 11.4. The van der Waals surface area contributed by atoms with Gasteiger partial charge in [0.05, 0.1) is 33.2 Å². The summed E-state index contributed by atoms with van der Waals surface area (Å²) in [4.78, 5) is -0.477. The molecule has 0 saturated carbocycles. The molecule has 34 heavy (non-hydrogen) atoms. The van der Waals surface area contributed by atoms with Crippen LogP contribution in [0, 0.1) is 0 Å². The first kappa shape index (κ1) is 26.4. The number of hydrogen-bond acceptors (Lipinski definition) is 6. The second kappa shape index (κ2) is 9.47. The Hall–Kier alpha value is -2.16. The summed E-state index contributed by atoms with van der Waals surface area (Å²) >= 11 is 0. The van der Waals surface area contributed by atoms with Crippen LogP contribution in [0.1, 0.15) is 42.8 Å². The van der Waals surface area contributed by atoms with Gasteiger partial charge in [0.25, 0.3) is 0 Å². The van der Waals surface area contributed by atoms with E-state index in [1.165, 1.54) is 24.8 Å². The maximum Gasteiger partial charge on any atom is 0.522 e. The van der Waals surface area contributed by atoms with Gasteiger partial charge in [-0.1, -0.05) is 6.07 Å². The molecule has 2 atom stereocenters. The van der Waals surface area contributed by atoms with Gasteiger partial charge in [-0.3, -0.25) is 4.74 Å². The summed E-state index contributed by atoms with van der Waals surface area (Å²) in [5.74, 6) is 0. The van der Waals surface area contributed by atoms with Gasteiger partial charge in [-0.2, -0.15) is 18.3 Å². The minimum absolute atomic E-state index is 0.00450. The number of hydrogen-bond donors (Lipinski definition) is 0. The molecule has 1 aromatic carbocycles. The minimum atomic E-state index is -4.87. The topological polar surface area (TPSA) is 79.7 Å². The van der Waals surface area contributed by atoms with Crippen LogP contribution < -0.4 is 0 Å². The Kier molecular flexibility index (Phi) is 7.37. The van der Waals surface area contributed by atoms with Crippen LogP contribution in [0.5, 0.6) is 0 Å². The average molecular weight is 516 g/mol. The number of ether oxygens (including phenoxy) is 3. The molecule has 0 aliphatic carbocycles. The van der Waals surface area contributed by atoms with Crippen LogP contribution in [0.25, 0.3) is 0 Å². The zero-order valence-corrected chi connectivity index (χ0v) is 18.9. The lowest BCUT2D eigenvalue weighted by Gasteiger charge is -2.37. The molecule has 1 fully saturated rings. The molecule has 14 heteroatoms. The highest BCUT2D eigenvalue weighted by molar-refractivity contribution is 7.92. The van der Waals surface area contributed by atoms with E-state index in [4.69, 9.17) is 9.47 Å². The molecule has 1 saturated heterocycles. The summed E-state index contributed by atoms with van der Waals surface area (Å²) in [6.45, 7) is 0.326. The number of alkyl halides is 6. The molecule has 1 aliphatic heterocycles. The van der Waals surface area contributed by atoms with Gasteiger partial charge in [-0.05, 0) is 44.0 Å². The summed E-state index contributed by atoms with van der Waals surface area (Å²) in [6.07, 6.45) is -10.7. The number of aromatic nitrogens is 2. The van der Waals surface area contributed by atoms with E-state index in [0.717, 1.165) is 18.2 Å². The number of benzene rings is 1. The number of halogens is 6. The van der Waals surface area contributed by atoms with Crippen molar-refractivity contribution >= 4 is 9.84 Å². The van der Waals surface area contributed by atoms with Crippen LogP contribution in [0.4, 0.5) is 26.3 Å². The van der Waals surface area contributed by atoms with Gasteiger partial charge in [0.15, 0.2) is 9.84 Å². The molecule has 2 aromatic rings. The highest BCUT2D eigenvalue weighted by atomic mass is 32.2. The maximum absolute atomic E-state index is 13.4. The monoisotopic (exact) mass is 516 g/mol. The zero-order valence-electron chi connectivity index (χ0n) is 18.1. The highest BCUT2D eigenvalue weighted by Crippen LogP contribution is 2.43. The van der Waals surface area contributed by atoms with E-state index in [1.807, 2.05) is 0 Å². The van der Waals surface area contributed by atoms with Gasteiger partial charge in [0.2, 0.25) is 0 Å². The van der Waals surface area contributed by atoms with Crippen molar-refractivity contribution in [3.63, 3.8) is 0 Å². The normalized spacial score (nSPS) is 22.2. The molecule has 190 valence electrons. The van der Waals surface area contributed by atoms with Crippen molar-refractivity contribution in [1.82, 2.24) is 9.78 Å². The molecule has 2 heterocycles. The fourth-order valence-electron chi connectivity index (χ4n) is 3.73. The fraction of sp³-hybridized carbons (Fsp3) is 0.550. The lowest BCUT2D eigenvalue weighted by Crippen LogP contribution is -2.42. The van der Waals surface area contributed by atoms with Gasteiger partial charge in [0.1, 0.15) is 12.8 Å². The van der Waals surface area contributed by atoms with Gasteiger partial charge in [-0.15, -0.1) is 13.2 Å². The summed E-state index contributed by atoms with van der Waals surface area (Å²) in [6, 6.07) is 4.78. The largest absolute Gasteiger partial charge is 0.522 e. The van der Waals surface area contributed by atoms with Crippen LogP contribution >= 0.6 is 0 Å². The first-order valence-electron chi connectivity index (χ1n) is 9.96. The Labute approximate surface area is 191 Å². The van der Waals surface area contributed by atoms with E-state index in [9.17, 15) is 34.8 Å². The predicted octanol–water partition coefficient (Wildman–Crippen LogP) is 4.63. The molecular formula is C20H22F6N2O5S. The zero-order chi connectivity index (χ0) is 25.4. The van der Waals surface area contributed by atoms with Crippen molar-refractivity contribution in [3.8, 4) is 0 Å². The number of rotatable bonds is 7. The second-order valence-corrected chi connectivity index (χ2v) is 10.5. The number of nitrogens with zero attached hydrogens (tertiary/aromatic N) is 2. The average Bonchev–Trinajstić information content (AvgIpc) is 3.14. The minimum Gasteiger partial charge on any atom is -0.372 e. The van der Waals surface area contributed by atoms with E-state index in [0.29, 0.717) is 6.07 Å². The SMILES string of the molecule is COCn1nc(COC(F)(F)F)cc1C1CC(C)(S(=O)(=O)c2cccc(C(F)(F)F)c2)CCO1. The van der Waals surface area contributed by atoms with Crippen LogP contribution in [0.2, 0.25) is 0 Å². The molecule has 0 bridgehead atoms. The summed E-state index contributed by atoms with van der Waals surface area (Å²) in [5, 5.41) is 4.00. The quantitative estimate of drug-likeness (QED) is 0.500. The number of methoxy groups -OCH3 is 1. The third-order valence-corrected chi connectivity index (χ3v) is 8.06. The molecular weight excluding hydrogens is 494 g/mol. The molecule has 0 N–H and O–H groups in total. The molecule has 2 unspecified atom stereocenters. The van der Waals surface area contributed by atoms with Gasteiger partial charge in [0, 0.05) is 13.7 Å². The van der Waals surface area contributed by atoms with Crippen LogP contribution in [0.15, 0.2) is 35.2 Å². The van der Waals surface area contributed by atoms with E-state index in [2.05, 4.69) is 9.84 Å². The lowest BCUT2D eigenvalue weighted by molar-refractivity contribution is -0.330. The van der Waals surface area contributed by atoms with Crippen LogP contribution in [-0.2, 0) is 43.6 Å². The van der Waals surface area contributed by atoms with Crippen molar-refractivity contribution in [2.24, 2.45) is 0 Å². The molecule has 1 aliphatic rings. The lowest BCUT2D eigenvalue weighted by atomic mass is 9.94. The molecule has 7 nitrogen and oxygen atoms in total. The van der Waals surface area contributed by atoms with E-state index < -0.39 is 50.3 Å². The molecule has 0 spiro atoms. The van der Waals surface area contributed by atoms with E-state index in [1.54, 1.807) is 0 Å².